The molecule has 27 heavy (non-hydrogen) atoms. The number of nitrogens with one attached hydrogen (secondary N) is 3. The molecule has 1 aromatic carbocycles. The van der Waals surface area contributed by atoms with E-state index < -0.39 is 13.3 Å². The zero-order chi connectivity index (χ0) is 19.9. The van der Waals surface area contributed by atoms with Gasteiger partial charge in [-0.3, -0.25) is 15.3 Å². The van der Waals surface area contributed by atoms with Gasteiger partial charge in [-0.1, -0.05) is 0 Å². The lowest BCUT2D eigenvalue weighted by Gasteiger charge is -2.12. The molecule has 0 radical (unpaired) electrons. The third-order valence-electron chi connectivity index (χ3n) is 3.29. The van der Waals surface area contributed by atoms with E-state index in [4.69, 9.17) is 9.79 Å². The average molecular weight is 397 g/mol. The van der Waals surface area contributed by atoms with Gasteiger partial charge in [-0.15, -0.1) is 0 Å². The van der Waals surface area contributed by atoms with E-state index in [0.29, 0.717) is 0 Å². The van der Waals surface area contributed by atoms with Crippen LogP contribution in [0.15, 0.2) is 27.8 Å². The minimum absolute atomic E-state index is 0.0479. The Bertz CT molecular complexity index is 911. The minimum atomic E-state index is -2.86. The van der Waals surface area contributed by atoms with Crippen molar-refractivity contribution in [1.29, 1.82) is 5.26 Å². The summed E-state index contributed by atoms with van der Waals surface area (Å²) in [7, 11) is -1.52. The first kappa shape index (κ1) is 20.5. The number of amidine groups is 1. The summed E-state index contributed by atoms with van der Waals surface area (Å²) in [6.07, 6.45) is 0. The third kappa shape index (κ3) is 5.57. The molecule has 0 amide bonds. The second-order valence-corrected chi connectivity index (χ2v) is 7.55. The summed E-state index contributed by atoms with van der Waals surface area (Å²) in [5.41, 5.74) is 1.91. The van der Waals surface area contributed by atoms with Crippen molar-refractivity contribution in [3.63, 3.8) is 0 Å². The molecule has 1 atom stereocenters. The molecule has 2 rings (SSSR count). The lowest BCUT2D eigenvalue weighted by Crippen LogP contribution is -2.24. The summed E-state index contributed by atoms with van der Waals surface area (Å²) >= 11 is 0. The Labute approximate surface area is 153 Å². The lowest BCUT2D eigenvalue weighted by molar-refractivity contribution is 0.234. The van der Waals surface area contributed by atoms with Crippen molar-refractivity contribution in [3.05, 3.63) is 35.3 Å². The standard InChI is InChI=1S/C14H17FN7O4P/c1-25-27(2,24)18-6-5-17-13-12(21-26-22-13)14(20-23)19-10-3-4-11(15)9(7-10)8-16/h3-4,7,23H,5-6H2,1-2H3,(H,17,22)(H,18,24)(H,19,20). The molecule has 0 saturated heterocycles. The molecule has 1 unspecified atom stereocenters. The van der Waals surface area contributed by atoms with Crippen LogP contribution in [0.4, 0.5) is 15.9 Å². The summed E-state index contributed by atoms with van der Waals surface area (Å²) in [6, 6.07) is 5.31. The quantitative estimate of drug-likeness (QED) is 0.169. The van der Waals surface area contributed by atoms with Gasteiger partial charge in [-0.25, -0.2) is 19.1 Å². The van der Waals surface area contributed by atoms with Crippen molar-refractivity contribution in [3.8, 4) is 6.07 Å². The zero-order valence-electron chi connectivity index (χ0n) is 14.4. The number of hydroxylamine groups is 1. The van der Waals surface area contributed by atoms with Crippen LogP contribution >= 0.6 is 7.52 Å². The third-order valence-corrected chi connectivity index (χ3v) is 4.79. The number of anilines is 1. The maximum Gasteiger partial charge on any atom is 0.266 e. The number of benzene rings is 1. The van der Waals surface area contributed by atoms with E-state index in [-0.39, 0.29) is 41.7 Å². The molecule has 4 N–H and O–H groups in total. The topological polar surface area (TPSA) is 158 Å². The largest absolute Gasteiger partial charge is 0.364 e. The maximum atomic E-state index is 13.4. The molecule has 1 heterocycles. The number of rotatable bonds is 8. The van der Waals surface area contributed by atoms with Gasteiger partial charge >= 0.3 is 0 Å². The number of hydrogen-bond donors (Lipinski definition) is 4. The van der Waals surface area contributed by atoms with Crippen LogP contribution in [-0.4, -0.2) is 48.2 Å². The molecule has 1 aromatic heterocycles. The Balaban J connectivity index is 2.14. The SMILES string of the molecule is COP(C)(=O)NCCNc1nonc1C(=Nc1ccc(F)c(C#N)c1)NO. The van der Waals surface area contributed by atoms with Crippen LogP contribution in [0.5, 0.6) is 0 Å². The van der Waals surface area contributed by atoms with E-state index in [0.717, 1.165) is 6.07 Å². The van der Waals surface area contributed by atoms with Gasteiger partial charge < -0.3 is 9.84 Å². The lowest BCUT2D eigenvalue weighted by atomic mass is 10.2. The number of aromatic nitrogens is 2. The molecular formula is C14H17FN7O4P. The molecule has 144 valence electrons. The van der Waals surface area contributed by atoms with Gasteiger partial charge in [-0.2, -0.15) is 5.26 Å². The molecule has 2 aromatic rings. The summed E-state index contributed by atoms with van der Waals surface area (Å²) < 4.78 is 34.6. The Hall–Kier alpha value is -2.84. The average Bonchev–Trinajstić information content (AvgIpc) is 3.13. The highest BCUT2D eigenvalue weighted by molar-refractivity contribution is 7.56. The summed E-state index contributed by atoms with van der Waals surface area (Å²) in [5.74, 6) is -0.666. The van der Waals surface area contributed by atoms with E-state index in [9.17, 15) is 14.2 Å². The normalized spacial score (nSPS) is 13.7. The van der Waals surface area contributed by atoms with Gasteiger partial charge in [0.05, 0.1) is 11.3 Å². The van der Waals surface area contributed by atoms with Gasteiger partial charge in [0.15, 0.2) is 11.5 Å². The fraction of sp³-hybridized carbons (Fsp3) is 0.286. The highest BCUT2D eigenvalue weighted by atomic mass is 31.2. The van der Waals surface area contributed by atoms with Gasteiger partial charge in [-0.05, 0) is 28.5 Å². The molecule has 0 aliphatic carbocycles. The molecular weight excluding hydrogens is 380 g/mol. The predicted octanol–water partition coefficient (Wildman–Crippen LogP) is 1.61. The number of hydrogen-bond acceptors (Lipinski definition) is 9. The van der Waals surface area contributed by atoms with Crippen LogP contribution in [0, 0.1) is 17.1 Å². The Morgan fingerprint density at radius 1 is 1.48 bits per heavy atom. The second kappa shape index (κ2) is 9.20. The Kier molecular flexibility index (Phi) is 6.98. The molecule has 0 aliphatic heterocycles. The summed E-state index contributed by atoms with van der Waals surface area (Å²) in [4.78, 5) is 4.07. The van der Waals surface area contributed by atoms with Crippen LogP contribution in [-0.2, 0) is 9.09 Å². The fourth-order valence-corrected chi connectivity index (χ4v) is 2.54. The van der Waals surface area contributed by atoms with Crippen LogP contribution < -0.4 is 15.9 Å². The number of nitrogens with zero attached hydrogens (tertiary/aromatic N) is 4. The highest BCUT2D eigenvalue weighted by Crippen LogP contribution is 2.35. The van der Waals surface area contributed by atoms with E-state index >= 15 is 0 Å². The Morgan fingerprint density at radius 3 is 2.93 bits per heavy atom. The van der Waals surface area contributed by atoms with Gasteiger partial charge in [0.1, 0.15) is 11.9 Å². The molecule has 0 spiro atoms. The number of nitriles is 1. The smallest absolute Gasteiger partial charge is 0.266 e. The summed E-state index contributed by atoms with van der Waals surface area (Å²) in [6.45, 7) is 2.02. The number of halogens is 1. The molecule has 13 heteroatoms. The minimum Gasteiger partial charge on any atom is -0.364 e. The van der Waals surface area contributed by atoms with Crippen molar-refractivity contribution in [2.45, 2.75) is 0 Å². The van der Waals surface area contributed by atoms with Crippen molar-refractivity contribution in [2.24, 2.45) is 4.99 Å². The van der Waals surface area contributed by atoms with Crippen molar-refractivity contribution in [2.75, 3.05) is 32.2 Å². The summed E-state index contributed by atoms with van der Waals surface area (Å²) in [5, 5.41) is 31.1. The molecule has 0 fully saturated rings. The monoisotopic (exact) mass is 397 g/mol. The van der Waals surface area contributed by atoms with Crippen molar-refractivity contribution < 1.29 is 23.3 Å². The van der Waals surface area contributed by atoms with Crippen LogP contribution in [0.1, 0.15) is 11.3 Å². The van der Waals surface area contributed by atoms with Gasteiger partial charge in [0, 0.05) is 26.9 Å². The Morgan fingerprint density at radius 2 is 2.26 bits per heavy atom. The van der Waals surface area contributed by atoms with Gasteiger partial charge in [0.2, 0.25) is 5.82 Å². The van der Waals surface area contributed by atoms with Gasteiger partial charge in [0.25, 0.3) is 7.52 Å². The predicted molar refractivity (Wildman–Crippen MR) is 93.6 cm³/mol. The molecule has 0 saturated carbocycles. The first-order valence-electron chi connectivity index (χ1n) is 7.54. The molecule has 0 aliphatic rings. The van der Waals surface area contributed by atoms with E-state index in [1.807, 2.05) is 5.48 Å². The van der Waals surface area contributed by atoms with E-state index in [2.05, 4.69) is 30.3 Å². The first-order chi connectivity index (χ1) is 12.9. The highest BCUT2D eigenvalue weighted by Gasteiger charge is 2.17. The number of aliphatic imine (C=N–C) groups is 1. The fourth-order valence-electron chi connectivity index (χ4n) is 1.89. The van der Waals surface area contributed by atoms with E-state index in [1.54, 1.807) is 6.07 Å². The zero-order valence-corrected chi connectivity index (χ0v) is 15.3. The molecule has 0 bridgehead atoms. The van der Waals surface area contributed by atoms with E-state index in [1.165, 1.54) is 25.9 Å². The van der Waals surface area contributed by atoms with Crippen LogP contribution in [0.3, 0.4) is 0 Å². The first-order valence-corrected chi connectivity index (χ1v) is 9.61. The van der Waals surface area contributed by atoms with Crippen LogP contribution in [0.25, 0.3) is 0 Å². The maximum absolute atomic E-state index is 13.4. The molecule has 11 nitrogen and oxygen atoms in total. The van der Waals surface area contributed by atoms with Crippen LogP contribution in [0.2, 0.25) is 0 Å². The van der Waals surface area contributed by atoms with Crippen molar-refractivity contribution in [1.82, 2.24) is 20.9 Å². The van der Waals surface area contributed by atoms with Crippen molar-refractivity contribution >= 4 is 24.9 Å². The second-order valence-electron chi connectivity index (χ2n) is 5.17.